The van der Waals surface area contributed by atoms with E-state index in [4.69, 9.17) is 0 Å². The van der Waals surface area contributed by atoms with Crippen molar-refractivity contribution >= 4 is 22.2 Å². The number of likely N-dealkylation sites (tertiary alicyclic amines) is 1. The Morgan fingerprint density at radius 1 is 1.36 bits per heavy atom. The molecule has 2 aromatic heterocycles. The molecule has 1 unspecified atom stereocenters. The highest BCUT2D eigenvalue weighted by Crippen LogP contribution is 2.30. The third-order valence-corrected chi connectivity index (χ3v) is 5.89. The lowest BCUT2D eigenvalue weighted by atomic mass is 9.90. The highest BCUT2D eigenvalue weighted by molar-refractivity contribution is 7.18. The molecule has 0 spiro atoms. The predicted octanol–water partition coefficient (Wildman–Crippen LogP) is 3.04. The first kappa shape index (κ1) is 16.3. The summed E-state index contributed by atoms with van der Waals surface area (Å²) in [7, 11) is 0. The molecule has 4 rings (SSSR count). The van der Waals surface area contributed by atoms with Gasteiger partial charge in [0, 0.05) is 38.2 Å². The topological polar surface area (TPSA) is 49.6 Å². The number of imidazole rings is 1. The second kappa shape index (κ2) is 6.61. The first-order valence-electron chi connectivity index (χ1n) is 8.58. The van der Waals surface area contributed by atoms with Crippen molar-refractivity contribution < 1.29 is 4.79 Å². The number of rotatable bonds is 5. The van der Waals surface area contributed by atoms with Gasteiger partial charge in [-0.05, 0) is 23.9 Å². The van der Waals surface area contributed by atoms with Crippen molar-refractivity contribution in [1.29, 1.82) is 0 Å². The fourth-order valence-electron chi connectivity index (χ4n) is 3.46. The fourth-order valence-corrected chi connectivity index (χ4v) is 4.32. The molecule has 1 aliphatic heterocycles. The van der Waals surface area contributed by atoms with Crippen molar-refractivity contribution in [3.63, 3.8) is 0 Å². The number of amides is 1. The zero-order chi connectivity index (χ0) is 17.3. The number of hydrogen-bond acceptors (Lipinski definition) is 4. The Morgan fingerprint density at radius 2 is 2.20 bits per heavy atom. The van der Waals surface area contributed by atoms with E-state index >= 15 is 0 Å². The molecule has 5 nitrogen and oxygen atoms in total. The Kier molecular flexibility index (Phi) is 4.31. The van der Waals surface area contributed by atoms with E-state index in [0.29, 0.717) is 11.4 Å². The van der Waals surface area contributed by atoms with Gasteiger partial charge in [0.25, 0.3) is 5.91 Å². The molecule has 1 atom stereocenters. The minimum atomic E-state index is -0.00163. The van der Waals surface area contributed by atoms with E-state index in [-0.39, 0.29) is 11.3 Å². The van der Waals surface area contributed by atoms with Crippen LogP contribution in [0.3, 0.4) is 0 Å². The molecular weight excluding hydrogens is 332 g/mol. The predicted molar refractivity (Wildman–Crippen MR) is 99.8 cm³/mol. The van der Waals surface area contributed by atoms with Gasteiger partial charge in [-0.2, -0.15) is 0 Å². The molecule has 0 saturated carbocycles. The molecular formula is C19H22N4OS. The second-order valence-electron chi connectivity index (χ2n) is 7.15. The SMILES string of the molecule is CC1(CNC(=O)c2cn3ccnc3s2)CCN(Cc2ccccc2)C1. The molecule has 1 fully saturated rings. The third-order valence-electron chi connectivity index (χ3n) is 4.88. The van der Waals surface area contributed by atoms with E-state index in [1.54, 1.807) is 6.20 Å². The van der Waals surface area contributed by atoms with Crippen LogP contribution in [0, 0.1) is 5.41 Å². The first-order chi connectivity index (χ1) is 12.1. The summed E-state index contributed by atoms with van der Waals surface area (Å²) < 4.78 is 1.89. The summed E-state index contributed by atoms with van der Waals surface area (Å²) in [6.45, 7) is 6.04. The van der Waals surface area contributed by atoms with Gasteiger partial charge in [-0.1, -0.05) is 48.6 Å². The summed E-state index contributed by atoms with van der Waals surface area (Å²) in [4.78, 5) is 20.7. The van der Waals surface area contributed by atoms with E-state index < -0.39 is 0 Å². The first-order valence-corrected chi connectivity index (χ1v) is 9.40. The van der Waals surface area contributed by atoms with Crippen molar-refractivity contribution in [3.05, 3.63) is 59.4 Å². The average molecular weight is 354 g/mol. The van der Waals surface area contributed by atoms with Crippen molar-refractivity contribution in [3.8, 4) is 0 Å². The van der Waals surface area contributed by atoms with Gasteiger partial charge in [-0.3, -0.25) is 14.1 Å². The Bertz CT molecular complexity index is 843. The summed E-state index contributed by atoms with van der Waals surface area (Å²) in [5.41, 5.74) is 1.47. The lowest BCUT2D eigenvalue weighted by molar-refractivity contribution is 0.0937. The van der Waals surface area contributed by atoms with Gasteiger partial charge >= 0.3 is 0 Å². The molecule has 1 aromatic carbocycles. The van der Waals surface area contributed by atoms with Crippen LogP contribution in [0.15, 0.2) is 48.9 Å². The fraction of sp³-hybridized carbons (Fsp3) is 0.368. The van der Waals surface area contributed by atoms with Gasteiger partial charge in [-0.15, -0.1) is 0 Å². The number of thiazole rings is 1. The molecule has 1 amide bonds. The highest BCUT2D eigenvalue weighted by Gasteiger charge is 2.34. The van der Waals surface area contributed by atoms with Crippen molar-refractivity contribution in [1.82, 2.24) is 19.6 Å². The maximum atomic E-state index is 12.4. The number of carbonyl (C=O) groups is 1. The maximum absolute atomic E-state index is 12.4. The largest absolute Gasteiger partial charge is 0.351 e. The number of carbonyl (C=O) groups excluding carboxylic acids is 1. The maximum Gasteiger partial charge on any atom is 0.263 e. The van der Waals surface area contributed by atoms with Crippen LogP contribution < -0.4 is 5.32 Å². The normalized spacial score (nSPS) is 21.0. The Morgan fingerprint density at radius 3 is 3.00 bits per heavy atom. The van der Waals surface area contributed by atoms with Crippen LogP contribution in [0.25, 0.3) is 4.96 Å². The number of fused-ring (bicyclic) bond motifs is 1. The quantitative estimate of drug-likeness (QED) is 0.766. The number of nitrogens with zero attached hydrogens (tertiary/aromatic N) is 3. The van der Waals surface area contributed by atoms with Crippen LogP contribution in [-0.2, 0) is 6.54 Å². The number of hydrogen-bond donors (Lipinski definition) is 1. The smallest absolute Gasteiger partial charge is 0.263 e. The van der Waals surface area contributed by atoms with Gasteiger partial charge in [0.15, 0.2) is 4.96 Å². The second-order valence-corrected chi connectivity index (χ2v) is 8.16. The van der Waals surface area contributed by atoms with E-state index in [1.165, 1.54) is 16.9 Å². The summed E-state index contributed by atoms with van der Waals surface area (Å²) in [5.74, 6) is -0.00163. The third kappa shape index (κ3) is 3.60. The van der Waals surface area contributed by atoms with Gasteiger partial charge in [0.2, 0.25) is 0 Å². The minimum absolute atomic E-state index is 0.00163. The highest BCUT2D eigenvalue weighted by atomic mass is 32.1. The molecule has 0 radical (unpaired) electrons. The molecule has 1 aliphatic rings. The lowest BCUT2D eigenvalue weighted by Gasteiger charge is -2.25. The molecule has 3 aromatic rings. The number of nitrogens with one attached hydrogen (secondary N) is 1. The van der Waals surface area contributed by atoms with Gasteiger partial charge < -0.3 is 5.32 Å². The molecule has 0 bridgehead atoms. The van der Waals surface area contributed by atoms with Gasteiger partial charge in [0.05, 0.1) is 0 Å². The minimum Gasteiger partial charge on any atom is -0.351 e. The van der Waals surface area contributed by atoms with Crippen LogP contribution in [-0.4, -0.2) is 39.8 Å². The van der Waals surface area contributed by atoms with Crippen LogP contribution >= 0.6 is 11.3 Å². The van der Waals surface area contributed by atoms with Crippen molar-refractivity contribution in [2.75, 3.05) is 19.6 Å². The summed E-state index contributed by atoms with van der Waals surface area (Å²) in [6, 6.07) is 10.6. The number of benzene rings is 1. The molecule has 1 saturated heterocycles. The van der Waals surface area contributed by atoms with Crippen LogP contribution in [0.4, 0.5) is 0 Å². The zero-order valence-corrected chi connectivity index (χ0v) is 15.1. The van der Waals surface area contributed by atoms with Crippen LogP contribution in [0.5, 0.6) is 0 Å². The molecule has 6 heteroatoms. The summed E-state index contributed by atoms with van der Waals surface area (Å²) in [6.07, 6.45) is 6.56. The molecule has 1 N–H and O–H groups in total. The van der Waals surface area contributed by atoms with Crippen LogP contribution in [0.2, 0.25) is 0 Å². The molecule has 25 heavy (non-hydrogen) atoms. The van der Waals surface area contributed by atoms with E-state index in [1.807, 2.05) is 16.8 Å². The lowest BCUT2D eigenvalue weighted by Crippen LogP contribution is -2.37. The number of aromatic nitrogens is 2. The summed E-state index contributed by atoms with van der Waals surface area (Å²) in [5, 5.41) is 3.12. The average Bonchev–Trinajstić information content (AvgIpc) is 3.29. The van der Waals surface area contributed by atoms with E-state index in [0.717, 1.165) is 31.0 Å². The molecule has 0 aliphatic carbocycles. The van der Waals surface area contributed by atoms with Gasteiger partial charge in [-0.25, -0.2) is 4.98 Å². The van der Waals surface area contributed by atoms with Crippen molar-refractivity contribution in [2.45, 2.75) is 19.9 Å². The van der Waals surface area contributed by atoms with Gasteiger partial charge in [0.1, 0.15) is 4.88 Å². The Hall–Kier alpha value is -2.18. The zero-order valence-electron chi connectivity index (χ0n) is 14.3. The Labute approximate surface area is 151 Å². The van der Waals surface area contributed by atoms with E-state index in [2.05, 4.69) is 52.5 Å². The molecule has 3 heterocycles. The standard InChI is InChI=1S/C19H22N4OS/c1-19(7-9-22(14-19)11-15-5-3-2-4-6-15)13-21-17(24)16-12-23-10-8-20-18(23)25-16/h2-6,8,10,12H,7,9,11,13-14H2,1H3,(H,21,24). The van der Waals surface area contributed by atoms with Crippen LogP contribution in [0.1, 0.15) is 28.6 Å². The monoisotopic (exact) mass is 354 g/mol. The summed E-state index contributed by atoms with van der Waals surface area (Å²) >= 11 is 1.43. The van der Waals surface area contributed by atoms with E-state index in [9.17, 15) is 4.79 Å². The van der Waals surface area contributed by atoms with Crippen molar-refractivity contribution in [2.24, 2.45) is 5.41 Å². The Balaban J connectivity index is 1.33. The molecule has 130 valence electrons.